The van der Waals surface area contributed by atoms with Crippen molar-refractivity contribution >= 4 is 47.2 Å². The average Bonchev–Trinajstić information content (AvgIpc) is 4.08. The summed E-state index contributed by atoms with van der Waals surface area (Å²) in [6.07, 6.45) is 6.47. The zero-order valence-corrected chi connectivity index (χ0v) is 32.2. The van der Waals surface area contributed by atoms with Gasteiger partial charge in [0.05, 0.1) is 0 Å². The second-order valence-corrected chi connectivity index (χ2v) is 14.5. The number of carbonyl (C=O) groups is 4. The van der Waals surface area contributed by atoms with Gasteiger partial charge in [-0.15, -0.1) is 0 Å². The molecule has 0 spiro atoms. The molecule has 0 unspecified atom stereocenters. The zero-order chi connectivity index (χ0) is 40.2. The highest BCUT2D eigenvalue weighted by Gasteiger charge is 2.39. The normalized spacial score (nSPS) is 16.5. The van der Waals surface area contributed by atoms with Crippen molar-refractivity contribution in [3.63, 3.8) is 0 Å². The molecule has 8 rings (SSSR count). The van der Waals surface area contributed by atoms with Crippen molar-refractivity contribution in [3.8, 4) is 22.5 Å². The van der Waals surface area contributed by atoms with Crippen LogP contribution < -0.4 is 10.6 Å². The summed E-state index contributed by atoms with van der Waals surface area (Å²) in [6.45, 7) is 4.36. The van der Waals surface area contributed by atoms with Gasteiger partial charge in [0, 0.05) is 35.6 Å². The summed E-state index contributed by atoms with van der Waals surface area (Å²) >= 11 is 0. The first-order valence-electron chi connectivity index (χ1n) is 19.4. The maximum absolute atomic E-state index is 13.8. The van der Waals surface area contributed by atoms with Gasteiger partial charge in [0.2, 0.25) is 11.8 Å². The van der Waals surface area contributed by atoms with Crippen LogP contribution in [0.4, 0.5) is 11.4 Å². The Hall–Kier alpha value is -7.08. The zero-order valence-electron chi connectivity index (χ0n) is 32.2. The van der Waals surface area contributed by atoms with Crippen LogP contribution in [-0.2, 0) is 9.59 Å². The Balaban J connectivity index is 0.858. The van der Waals surface area contributed by atoms with Crippen LogP contribution in [0, 0.1) is 13.8 Å². The summed E-state index contributed by atoms with van der Waals surface area (Å²) in [4.78, 5) is 57.7. The Labute approximate surface area is 335 Å². The number of amides is 4. The molecule has 12 nitrogen and oxygen atoms in total. The van der Waals surface area contributed by atoms with Crippen molar-refractivity contribution in [1.29, 1.82) is 0 Å². The third-order valence-electron chi connectivity index (χ3n) is 10.7. The van der Waals surface area contributed by atoms with E-state index in [4.69, 9.17) is 9.05 Å². The molecule has 0 aliphatic carbocycles. The van der Waals surface area contributed by atoms with Crippen LogP contribution in [0.15, 0.2) is 118 Å². The minimum absolute atomic E-state index is 0.244. The number of aryl methyl sites for hydroxylation is 2. The number of hydrogen-bond acceptors (Lipinski definition) is 8. The van der Waals surface area contributed by atoms with Crippen LogP contribution in [0.25, 0.3) is 34.7 Å². The molecule has 0 saturated carbocycles. The summed E-state index contributed by atoms with van der Waals surface area (Å²) < 4.78 is 10.8. The molecule has 2 saturated heterocycles. The molecular formula is C46H42N6O6. The number of anilines is 2. The number of nitrogens with zero attached hydrogens (tertiary/aromatic N) is 4. The Kier molecular flexibility index (Phi) is 10.8. The van der Waals surface area contributed by atoms with Gasteiger partial charge in [-0.1, -0.05) is 107 Å². The molecule has 2 fully saturated rings. The van der Waals surface area contributed by atoms with E-state index < -0.39 is 12.1 Å². The molecule has 4 heterocycles. The van der Waals surface area contributed by atoms with Gasteiger partial charge in [0.25, 0.3) is 11.8 Å². The monoisotopic (exact) mass is 774 g/mol. The number of benzene rings is 4. The quantitative estimate of drug-likeness (QED) is 0.132. The number of rotatable bonds is 10. The third kappa shape index (κ3) is 7.81. The maximum atomic E-state index is 13.8. The van der Waals surface area contributed by atoms with Gasteiger partial charge in [-0.3, -0.25) is 19.2 Å². The minimum atomic E-state index is -0.616. The summed E-state index contributed by atoms with van der Waals surface area (Å²) in [5.41, 5.74) is 6.36. The first-order chi connectivity index (χ1) is 28.2. The number of carbonyl (C=O) groups excluding carboxylic acids is 4. The largest absolute Gasteiger partial charge is 0.360 e. The van der Waals surface area contributed by atoms with Crippen LogP contribution in [0.1, 0.15) is 69.0 Å². The third-order valence-corrected chi connectivity index (χ3v) is 10.7. The van der Waals surface area contributed by atoms with Crippen molar-refractivity contribution in [2.45, 2.75) is 51.6 Å². The maximum Gasteiger partial charge on any atom is 0.260 e. The summed E-state index contributed by atoms with van der Waals surface area (Å²) in [6, 6.07) is 32.5. The van der Waals surface area contributed by atoms with Crippen molar-refractivity contribution in [2.75, 3.05) is 23.7 Å². The lowest BCUT2D eigenvalue weighted by Gasteiger charge is -2.24. The molecule has 0 bridgehead atoms. The van der Waals surface area contributed by atoms with E-state index in [0.717, 1.165) is 22.3 Å². The molecule has 2 aliphatic heterocycles. The molecule has 2 atom stereocenters. The SMILES string of the molecule is Cc1onc(-c2ccccc2)c1C(=O)N1CCC[C@H]1C(=O)Nc1ccc(/C=C/c2ccc(NC(=O)[C@@H]3CCCN3C(=O)c3c(-c4ccccc4)noc3C)cc2)cc1. The Morgan fingerprint density at radius 2 is 0.948 bits per heavy atom. The smallest absolute Gasteiger partial charge is 0.260 e. The van der Waals surface area contributed by atoms with Gasteiger partial charge in [0.1, 0.15) is 46.1 Å². The molecule has 292 valence electrons. The molecule has 58 heavy (non-hydrogen) atoms. The van der Waals surface area contributed by atoms with Crippen LogP contribution in [-0.4, -0.2) is 68.9 Å². The topological polar surface area (TPSA) is 151 Å². The number of aromatic nitrogens is 2. The predicted octanol–water partition coefficient (Wildman–Crippen LogP) is 8.27. The van der Waals surface area contributed by atoms with E-state index in [2.05, 4.69) is 20.9 Å². The first kappa shape index (κ1) is 37.8. The van der Waals surface area contributed by atoms with E-state index >= 15 is 0 Å². The lowest BCUT2D eigenvalue weighted by atomic mass is 10.0. The molecule has 4 amide bonds. The van der Waals surface area contributed by atoms with Crippen LogP contribution >= 0.6 is 0 Å². The van der Waals surface area contributed by atoms with E-state index in [1.165, 1.54) is 0 Å². The Morgan fingerprint density at radius 3 is 1.33 bits per heavy atom. The van der Waals surface area contributed by atoms with Crippen molar-refractivity contribution in [1.82, 2.24) is 20.1 Å². The summed E-state index contributed by atoms with van der Waals surface area (Å²) in [7, 11) is 0. The lowest BCUT2D eigenvalue weighted by Crippen LogP contribution is -2.43. The fraction of sp³-hybridized carbons (Fsp3) is 0.217. The van der Waals surface area contributed by atoms with E-state index in [-0.39, 0.29) is 23.6 Å². The number of nitrogens with one attached hydrogen (secondary N) is 2. The van der Waals surface area contributed by atoms with Gasteiger partial charge in [-0.25, -0.2) is 0 Å². The second-order valence-electron chi connectivity index (χ2n) is 14.5. The minimum Gasteiger partial charge on any atom is -0.360 e. The van der Waals surface area contributed by atoms with Gasteiger partial charge >= 0.3 is 0 Å². The van der Waals surface area contributed by atoms with Crippen LogP contribution in [0.3, 0.4) is 0 Å². The molecule has 0 radical (unpaired) electrons. The Bertz CT molecular complexity index is 2300. The highest BCUT2D eigenvalue weighted by molar-refractivity contribution is 6.06. The number of hydrogen-bond donors (Lipinski definition) is 2. The summed E-state index contributed by atoms with van der Waals surface area (Å²) in [5.74, 6) is -0.191. The molecule has 12 heteroatoms. The van der Waals surface area contributed by atoms with E-state index in [1.807, 2.05) is 121 Å². The molecule has 2 aliphatic rings. The molecule has 2 N–H and O–H groups in total. The van der Waals surface area contributed by atoms with Crippen LogP contribution in [0.2, 0.25) is 0 Å². The molecule has 2 aromatic heterocycles. The first-order valence-corrected chi connectivity index (χ1v) is 19.4. The Morgan fingerprint density at radius 1 is 0.569 bits per heavy atom. The standard InChI is InChI=1S/C46H42N6O6/c1-29-39(41(49-57-29)33-11-5-3-6-12-33)45(55)51-27-9-15-37(51)43(53)47-35-23-19-31(20-24-35)17-18-32-21-25-36(26-22-32)48-44(54)38-16-10-28-52(38)46(56)40-30(2)58-50-42(40)34-13-7-4-8-14-34/h3-8,11-14,17-26,37-38H,9-10,15-16,27-28H2,1-2H3,(H,47,53)(H,48,54)/b18-17+/t37-,38-/m0/s1. The van der Waals surface area contributed by atoms with E-state index in [0.29, 0.717) is 84.2 Å². The van der Waals surface area contributed by atoms with Crippen molar-refractivity contribution in [3.05, 3.63) is 143 Å². The molecule has 4 aromatic carbocycles. The van der Waals surface area contributed by atoms with Gasteiger partial charge < -0.3 is 29.5 Å². The average molecular weight is 775 g/mol. The highest BCUT2D eigenvalue weighted by atomic mass is 16.5. The van der Waals surface area contributed by atoms with Crippen molar-refractivity contribution in [2.24, 2.45) is 0 Å². The fourth-order valence-electron chi connectivity index (χ4n) is 7.68. The fourth-order valence-corrected chi connectivity index (χ4v) is 7.68. The predicted molar refractivity (Wildman–Crippen MR) is 221 cm³/mol. The van der Waals surface area contributed by atoms with Gasteiger partial charge in [-0.2, -0.15) is 0 Å². The molecule has 6 aromatic rings. The van der Waals surface area contributed by atoms with Gasteiger partial charge in [-0.05, 0) is 74.9 Å². The number of likely N-dealkylation sites (tertiary alicyclic amines) is 2. The molecular weight excluding hydrogens is 733 g/mol. The highest BCUT2D eigenvalue weighted by Crippen LogP contribution is 2.31. The van der Waals surface area contributed by atoms with E-state index in [9.17, 15) is 19.2 Å². The van der Waals surface area contributed by atoms with Crippen LogP contribution in [0.5, 0.6) is 0 Å². The van der Waals surface area contributed by atoms with Crippen molar-refractivity contribution < 1.29 is 28.2 Å². The lowest BCUT2D eigenvalue weighted by molar-refractivity contribution is -0.120. The van der Waals surface area contributed by atoms with E-state index in [1.54, 1.807) is 23.6 Å². The second kappa shape index (κ2) is 16.6. The summed E-state index contributed by atoms with van der Waals surface area (Å²) in [5, 5.41) is 14.3. The van der Waals surface area contributed by atoms with Gasteiger partial charge in [0.15, 0.2) is 0 Å².